The van der Waals surface area contributed by atoms with Crippen LogP contribution in [0.25, 0.3) is 10.8 Å². The molecule has 2 N–H and O–H groups in total. The molecule has 1 heterocycles. The van der Waals surface area contributed by atoms with Gasteiger partial charge >= 0.3 is 0 Å². The summed E-state index contributed by atoms with van der Waals surface area (Å²) in [6, 6.07) is 12.0. The molecule has 0 bridgehead atoms. The smallest absolute Gasteiger partial charge is 0.238 e. The van der Waals surface area contributed by atoms with E-state index >= 15 is 0 Å². The summed E-state index contributed by atoms with van der Waals surface area (Å²) in [7, 11) is 0. The van der Waals surface area contributed by atoms with Crippen molar-refractivity contribution in [3.8, 4) is 11.6 Å². The third-order valence-electron chi connectivity index (χ3n) is 2.91. The zero-order valence-electron chi connectivity index (χ0n) is 10.6. The summed E-state index contributed by atoms with van der Waals surface area (Å²) in [5, 5.41) is 2.24. The van der Waals surface area contributed by atoms with Gasteiger partial charge in [-0.3, -0.25) is 4.98 Å². The van der Waals surface area contributed by atoms with E-state index < -0.39 is 0 Å². The van der Waals surface area contributed by atoms with Crippen LogP contribution < -0.4 is 10.5 Å². The third-order valence-corrected chi connectivity index (χ3v) is 3.73. The molecule has 0 saturated carbocycles. The second kappa shape index (κ2) is 5.56. The van der Waals surface area contributed by atoms with Crippen LogP contribution in [0.5, 0.6) is 11.6 Å². The molecule has 0 radical (unpaired) electrons. The van der Waals surface area contributed by atoms with Crippen LogP contribution in [0.2, 0.25) is 0 Å². The molecule has 20 heavy (non-hydrogen) atoms. The summed E-state index contributed by atoms with van der Waals surface area (Å²) in [6.07, 6.45) is 3.20. The summed E-state index contributed by atoms with van der Waals surface area (Å²) in [4.78, 5) is 8.34. The molecule has 100 valence electrons. The Morgan fingerprint density at radius 3 is 2.80 bits per heavy atom. The molecule has 1 aromatic heterocycles. The fourth-order valence-electron chi connectivity index (χ4n) is 1.94. The van der Waals surface area contributed by atoms with Crippen LogP contribution in [0.1, 0.15) is 5.69 Å². The number of nitrogens with zero attached hydrogens (tertiary/aromatic N) is 2. The Hall–Kier alpha value is -1.98. The van der Waals surface area contributed by atoms with Crippen molar-refractivity contribution < 1.29 is 4.74 Å². The first-order valence-corrected chi connectivity index (χ1v) is 6.93. The summed E-state index contributed by atoms with van der Waals surface area (Å²) < 4.78 is 6.68. The lowest BCUT2D eigenvalue weighted by molar-refractivity contribution is 0.456. The van der Waals surface area contributed by atoms with Crippen molar-refractivity contribution in [2.75, 3.05) is 0 Å². The fraction of sp³-hybridized carbons (Fsp3) is 0.0667. The Morgan fingerprint density at radius 1 is 1.10 bits per heavy atom. The van der Waals surface area contributed by atoms with Gasteiger partial charge in [0.05, 0.1) is 16.4 Å². The first-order chi connectivity index (χ1) is 9.78. The first-order valence-electron chi connectivity index (χ1n) is 6.14. The minimum absolute atomic E-state index is 0.336. The Bertz CT molecular complexity index is 761. The van der Waals surface area contributed by atoms with Gasteiger partial charge in [-0.2, -0.15) is 0 Å². The van der Waals surface area contributed by atoms with Crippen LogP contribution in [0.15, 0.2) is 53.3 Å². The highest BCUT2D eigenvalue weighted by Gasteiger charge is 2.08. The van der Waals surface area contributed by atoms with Gasteiger partial charge in [0.25, 0.3) is 0 Å². The van der Waals surface area contributed by atoms with E-state index in [1.165, 1.54) is 0 Å². The molecule has 0 saturated heterocycles. The monoisotopic (exact) mass is 329 g/mol. The molecule has 0 fully saturated rings. The number of hydrogen-bond donors (Lipinski definition) is 1. The number of halogens is 1. The van der Waals surface area contributed by atoms with E-state index in [-0.39, 0.29) is 0 Å². The SMILES string of the molecule is NCc1cncc(Oc2ccc3ccccc3c2Br)n1. The normalized spacial score (nSPS) is 10.7. The molecule has 2 aromatic carbocycles. The van der Waals surface area contributed by atoms with Crippen molar-refractivity contribution in [3.63, 3.8) is 0 Å². The van der Waals surface area contributed by atoms with Gasteiger partial charge in [0, 0.05) is 12.7 Å². The van der Waals surface area contributed by atoms with Crippen LogP contribution in [0, 0.1) is 0 Å². The maximum atomic E-state index is 5.78. The molecule has 0 aliphatic rings. The number of ether oxygens (including phenoxy) is 1. The van der Waals surface area contributed by atoms with Crippen LogP contribution >= 0.6 is 15.9 Å². The molecule has 0 unspecified atom stereocenters. The van der Waals surface area contributed by atoms with Crippen molar-refractivity contribution in [1.82, 2.24) is 9.97 Å². The molecule has 4 nitrogen and oxygen atoms in total. The van der Waals surface area contributed by atoms with Crippen LogP contribution in [-0.4, -0.2) is 9.97 Å². The lowest BCUT2D eigenvalue weighted by Gasteiger charge is -2.09. The lowest BCUT2D eigenvalue weighted by atomic mass is 10.1. The number of fused-ring (bicyclic) bond motifs is 1. The van der Waals surface area contributed by atoms with Crippen molar-refractivity contribution in [3.05, 3.63) is 59.0 Å². The minimum atomic E-state index is 0.336. The number of hydrogen-bond acceptors (Lipinski definition) is 4. The predicted octanol–water partition coefficient (Wildman–Crippen LogP) is 3.64. The topological polar surface area (TPSA) is 61.0 Å². The van der Waals surface area contributed by atoms with Crippen molar-refractivity contribution >= 4 is 26.7 Å². The molecule has 0 aliphatic carbocycles. The highest BCUT2D eigenvalue weighted by atomic mass is 79.9. The maximum Gasteiger partial charge on any atom is 0.238 e. The molecule has 0 spiro atoms. The highest BCUT2D eigenvalue weighted by molar-refractivity contribution is 9.10. The lowest BCUT2D eigenvalue weighted by Crippen LogP contribution is -2.01. The van der Waals surface area contributed by atoms with Crippen molar-refractivity contribution in [2.45, 2.75) is 6.54 Å². The molecule has 3 rings (SSSR count). The number of nitrogens with two attached hydrogens (primary N) is 1. The standard InChI is InChI=1S/C15H12BrN3O/c16-15-12-4-2-1-3-10(12)5-6-13(15)20-14-9-18-8-11(7-17)19-14/h1-6,8-9H,7,17H2. The fourth-order valence-corrected chi connectivity index (χ4v) is 2.51. The molecular weight excluding hydrogens is 318 g/mol. The van der Waals surface area contributed by atoms with E-state index in [1.807, 2.05) is 30.3 Å². The molecule has 0 aliphatic heterocycles. The predicted molar refractivity (Wildman–Crippen MR) is 81.6 cm³/mol. The average molecular weight is 330 g/mol. The van der Waals surface area contributed by atoms with Crippen molar-refractivity contribution in [1.29, 1.82) is 0 Å². The van der Waals surface area contributed by atoms with E-state index in [4.69, 9.17) is 10.5 Å². The molecular formula is C15H12BrN3O. The van der Waals surface area contributed by atoms with Gasteiger partial charge in [0.2, 0.25) is 5.88 Å². The zero-order chi connectivity index (χ0) is 13.9. The number of benzene rings is 2. The number of rotatable bonds is 3. The van der Waals surface area contributed by atoms with Crippen LogP contribution in [0.3, 0.4) is 0 Å². The first kappa shape index (κ1) is 13.0. The van der Waals surface area contributed by atoms with Gasteiger partial charge in [-0.15, -0.1) is 0 Å². The van der Waals surface area contributed by atoms with E-state index in [2.05, 4.69) is 32.0 Å². The Balaban J connectivity index is 2.00. The largest absolute Gasteiger partial charge is 0.436 e. The minimum Gasteiger partial charge on any atom is -0.436 e. The quantitative estimate of drug-likeness (QED) is 0.796. The van der Waals surface area contributed by atoms with E-state index in [0.717, 1.165) is 15.2 Å². The zero-order valence-corrected chi connectivity index (χ0v) is 12.2. The van der Waals surface area contributed by atoms with Crippen LogP contribution in [0.4, 0.5) is 0 Å². The second-order valence-electron chi connectivity index (χ2n) is 4.25. The average Bonchev–Trinajstić information content (AvgIpc) is 2.50. The second-order valence-corrected chi connectivity index (χ2v) is 5.05. The van der Waals surface area contributed by atoms with Crippen LogP contribution in [-0.2, 0) is 6.54 Å². The highest BCUT2D eigenvalue weighted by Crippen LogP contribution is 2.35. The third kappa shape index (κ3) is 2.50. The molecule has 3 aromatic rings. The number of aromatic nitrogens is 2. The summed E-state index contributed by atoms with van der Waals surface area (Å²) in [5.41, 5.74) is 6.24. The summed E-state index contributed by atoms with van der Waals surface area (Å²) >= 11 is 3.58. The van der Waals surface area contributed by atoms with E-state index in [0.29, 0.717) is 23.9 Å². The Kier molecular flexibility index (Phi) is 3.62. The molecule has 5 heteroatoms. The van der Waals surface area contributed by atoms with Gasteiger partial charge in [0.15, 0.2) is 0 Å². The molecule has 0 amide bonds. The van der Waals surface area contributed by atoms with Gasteiger partial charge < -0.3 is 10.5 Å². The van der Waals surface area contributed by atoms with Crippen molar-refractivity contribution in [2.24, 2.45) is 5.73 Å². The van der Waals surface area contributed by atoms with Gasteiger partial charge in [-0.1, -0.05) is 30.3 Å². The van der Waals surface area contributed by atoms with Gasteiger partial charge in [0.1, 0.15) is 5.75 Å². The Labute approximate surface area is 124 Å². The van der Waals surface area contributed by atoms with E-state index in [9.17, 15) is 0 Å². The van der Waals surface area contributed by atoms with E-state index in [1.54, 1.807) is 12.4 Å². The van der Waals surface area contributed by atoms with Gasteiger partial charge in [-0.25, -0.2) is 4.98 Å². The summed E-state index contributed by atoms with van der Waals surface area (Å²) in [5.74, 6) is 1.14. The molecule has 0 atom stereocenters. The maximum absolute atomic E-state index is 5.78. The Morgan fingerprint density at radius 2 is 1.95 bits per heavy atom. The van der Waals surface area contributed by atoms with Gasteiger partial charge in [-0.05, 0) is 32.8 Å². The summed E-state index contributed by atoms with van der Waals surface area (Å²) in [6.45, 7) is 0.336.